The van der Waals surface area contributed by atoms with Gasteiger partial charge in [0.05, 0.1) is 32.9 Å². The van der Waals surface area contributed by atoms with Gasteiger partial charge in [-0.3, -0.25) is 9.59 Å². The zero-order valence-corrected chi connectivity index (χ0v) is 22.1. The van der Waals surface area contributed by atoms with Crippen LogP contribution in [-0.2, 0) is 22.4 Å². The highest BCUT2D eigenvalue weighted by atomic mass is 16.5. The fourth-order valence-electron chi connectivity index (χ4n) is 5.15. The van der Waals surface area contributed by atoms with Crippen molar-refractivity contribution in [3.05, 3.63) is 101 Å². The van der Waals surface area contributed by atoms with Gasteiger partial charge in [-0.25, -0.2) is 0 Å². The summed E-state index contributed by atoms with van der Waals surface area (Å²) in [4.78, 5) is 31.9. The van der Waals surface area contributed by atoms with Crippen molar-refractivity contribution in [2.24, 2.45) is 0 Å². The van der Waals surface area contributed by atoms with Crippen LogP contribution in [-0.4, -0.2) is 54.6 Å². The normalized spacial score (nSPS) is 15.2. The van der Waals surface area contributed by atoms with Gasteiger partial charge in [-0.15, -0.1) is 0 Å². The van der Waals surface area contributed by atoms with E-state index in [1.807, 2.05) is 54.7 Å². The Labute approximate surface area is 226 Å². The molecule has 1 atom stereocenters. The van der Waals surface area contributed by atoms with Crippen molar-refractivity contribution >= 4 is 22.6 Å². The molecule has 0 bridgehead atoms. The molecular weight excluding hydrogens is 496 g/mol. The molecule has 1 aliphatic rings. The van der Waals surface area contributed by atoms with Crippen molar-refractivity contribution in [3.63, 3.8) is 0 Å². The quantitative estimate of drug-likeness (QED) is 0.304. The molecule has 1 aromatic heterocycles. The van der Waals surface area contributed by atoms with E-state index < -0.39 is 17.7 Å². The molecule has 0 saturated carbocycles. The zero-order chi connectivity index (χ0) is 27.5. The number of aliphatic hydroxyl groups is 1. The van der Waals surface area contributed by atoms with Crippen molar-refractivity contribution in [1.82, 2.24) is 9.88 Å². The fourth-order valence-corrected chi connectivity index (χ4v) is 5.15. The Morgan fingerprint density at radius 3 is 2.38 bits per heavy atom. The molecule has 0 radical (unpaired) electrons. The number of carbonyl (C=O) groups is 2. The second-order valence-electron chi connectivity index (χ2n) is 9.33. The van der Waals surface area contributed by atoms with Crippen molar-refractivity contribution in [2.75, 3.05) is 27.9 Å². The summed E-state index contributed by atoms with van der Waals surface area (Å²) in [5.41, 5.74) is 3.38. The number of aliphatic hydroxyl groups excluding tert-OH is 1. The number of ketones is 1. The second-order valence-corrected chi connectivity index (χ2v) is 9.33. The van der Waals surface area contributed by atoms with Crippen LogP contribution in [0.3, 0.4) is 0 Å². The molecule has 1 aliphatic heterocycles. The summed E-state index contributed by atoms with van der Waals surface area (Å²) in [6, 6.07) is 19.4. The standard InChI is InChI=1S/C31H30N2O6/c1-37-21-10-12-25-24(16-21)20(18-32-25)13-14-33-29(23-11-9-22(38-2)17-27(23)39-3)28(30(35)31(33)36)26(34)15-19-7-5-4-6-8-19/h4-12,16-18,29,32,35H,13-15H2,1-3H3. The number of benzene rings is 3. The minimum atomic E-state index is -0.825. The Bertz CT molecular complexity index is 1560. The number of H-pyrrole nitrogens is 1. The van der Waals surface area contributed by atoms with Gasteiger partial charge in [-0.1, -0.05) is 30.3 Å². The molecule has 0 fully saturated rings. The summed E-state index contributed by atoms with van der Waals surface area (Å²) < 4.78 is 16.4. The molecule has 8 nitrogen and oxygen atoms in total. The number of aromatic nitrogens is 1. The topological polar surface area (TPSA) is 101 Å². The number of aromatic amines is 1. The van der Waals surface area contributed by atoms with Crippen LogP contribution in [0.25, 0.3) is 10.9 Å². The van der Waals surface area contributed by atoms with E-state index in [2.05, 4.69) is 4.98 Å². The Hall–Kier alpha value is -4.72. The maximum absolute atomic E-state index is 13.6. The minimum Gasteiger partial charge on any atom is -0.503 e. The molecular formula is C31H30N2O6. The van der Waals surface area contributed by atoms with Crippen molar-refractivity contribution in [1.29, 1.82) is 0 Å². The first-order valence-corrected chi connectivity index (χ1v) is 12.6. The van der Waals surface area contributed by atoms with Gasteiger partial charge in [-0.05, 0) is 47.9 Å². The van der Waals surface area contributed by atoms with Crippen LogP contribution in [0.1, 0.15) is 22.7 Å². The number of amides is 1. The lowest BCUT2D eigenvalue weighted by molar-refractivity contribution is -0.129. The van der Waals surface area contributed by atoms with Gasteiger partial charge in [0.15, 0.2) is 11.5 Å². The second kappa shape index (κ2) is 10.9. The molecule has 0 aliphatic carbocycles. The Kier molecular flexibility index (Phi) is 7.27. The third-order valence-corrected chi connectivity index (χ3v) is 7.14. The third kappa shape index (κ3) is 4.93. The van der Waals surface area contributed by atoms with E-state index in [1.54, 1.807) is 32.4 Å². The maximum Gasteiger partial charge on any atom is 0.290 e. The first-order chi connectivity index (χ1) is 18.9. The molecule has 0 saturated heterocycles. The van der Waals surface area contributed by atoms with Crippen LogP contribution in [0.5, 0.6) is 17.2 Å². The lowest BCUT2D eigenvalue weighted by atomic mass is 9.92. The van der Waals surface area contributed by atoms with Gasteiger partial charge in [0.1, 0.15) is 17.2 Å². The van der Waals surface area contributed by atoms with Crippen LogP contribution in [0.2, 0.25) is 0 Å². The van der Waals surface area contributed by atoms with E-state index in [0.717, 1.165) is 27.8 Å². The molecule has 4 aromatic rings. The van der Waals surface area contributed by atoms with Crippen LogP contribution in [0.15, 0.2) is 84.3 Å². The minimum absolute atomic E-state index is 0.0541. The number of hydrogen-bond donors (Lipinski definition) is 2. The number of ether oxygens (including phenoxy) is 3. The first kappa shape index (κ1) is 25.9. The summed E-state index contributed by atoms with van der Waals surface area (Å²) in [6.07, 6.45) is 2.45. The van der Waals surface area contributed by atoms with Crippen LogP contribution in [0, 0.1) is 0 Å². The predicted octanol–water partition coefficient (Wildman–Crippen LogP) is 4.94. The van der Waals surface area contributed by atoms with E-state index in [1.165, 1.54) is 12.0 Å². The summed E-state index contributed by atoms with van der Waals surface area (Å²) in [5.74, 6) is 0.313. The van der Waals surface area contributed by atoms with Gasteiger partial charge in [-0.2, -0.15) is 0 Å². The van der Waals surface area contributed by atoms with E-state index in [0.29, 0.717) is 23.5 Å². The largest absolute Gasteiger partial charge is 0.503 e. The smallest absolute Gasteiger partial charge is 0.290 e. The van der Waals surface area contributed by atoms with Gasteiger partial charge in [0.2, 0.25) is 0 Å². The van der Waals surface area contributed by atoms with Crippen LogP contribution < -0.4 is 14.2 Å². The summed E-state index contributed by atoms with van der Waals surface area (Å²) in [7, 11) is 4.69. The number of rotatable bonds is 10. The van der Waals surface area contributed by atoms with Crippen LogP contribution in [0.4, 0.5) is 0 Å². The Morgan fingerprint density at radius 1 is 0.949 bits per heavy atom. The lowest BCUT2D eigenvalue weighted by Crippen LogP contribution is -2.33. The molecule has 8 heteroatoms. The van der Waals surface area contributed by atoms with Gasteiger partial charge >= 0.3 is 0 Å². The average Bonchev–Trinajstić information content (AvgIpc) is 3.48. The molecule has 1 amide bonds. The van der Waals surface area contributed by atoms with E-state index in [9.17, 15) is 14.7 Å². The van der Waals surface area contributed by atoms with Gasteiger partial charge < -0.3 is 29.2 Å². The Balaban J connectivity index is 1.52. The molecule has 0 spiro atoms. The Morgan fingerprint density at radius 2 is 1.67 bits per heavy atom. The fraction of sp³-hybridized carbons (Fsp3) is 0.226. The molecule has 5 rings (SSSR count). The summed E-state index contributed by atoms with van der Waals surface area (Å²) in [5, 5.41) is 12.0. The molecule has 2 heterocycles. The molecule has 200 valence electrons. The number of nitrogens with one attached hydrogen (secondary N) is 1. The van der Waals surface area contributed by atoms with Gasteiger partial charge in [0, 0.05) is 41.7 Å². The zero-order valence-electron chi connectivity index (χ0n) is 22.1. The highest BCUT2D eigenvalue weighted by Crippen LogP contribution is 2.43. The highest BCUT2D eigenvalue weighted by molar-refractivity contribution is 6.09. The maximum atomic E-state index is 13.6. The number of Topliss-reactive ketones (excluding diaryl/α,β-unsaturated/α-hetero) is 1. The van der Waals surface area contributed by atoms with E-state index >= 15 is 0 Å². The van der Waals surface area contributed by atoms with Gasteiger partial charge in [0.25, 0.3) is 5.91 Å². The number of fused-ring (bicyclic) bond motifs is 1. The first-order valence-electron chi connectivity index (χ1n) is 12.6. The number of nitrogens with zero attached hydrogens (tertiary/aromatic N) is 1. The van der Waals surface area contributed by atoms with Crippen molar-refractivity contribution < 1.29 is 28.9 Å². The number of methoxy groups -OCH3 is 3. The summed E-state index contributed by atoms with van der Waals surface area (Å²) >= 11 is 0. The average molecular weight is 527 g/mol. The lowest BCUT2D eigenvalue weighted by Gasteiger charge is -2.28. The predicted molar refractivity (Wildman–Crippen MR) is 147 cm³/mol. The van der Waals surface area contributed by atoms with E-state index in [-0.39, 0.29) is 24.3 Å². The molecule has 2 N–H and O–H groups in total. The monoisotopic (exact) mass is 526 g/mol. The molecule has 39 heavy (non-hydrogen) atoms. The SMILES string of the molecule is COc1ccc(C2C(C(=O)Cc3ccccc3)=C(O)C(=O)N2CCc2c[nH]c3ccc(OC)cc23)c(OC)c1. The van der Waals surface area contributed by atoms with Crippen LogP contribution >= 0.6 is 0 Å². The number of hydrogen-bond acceptors (Lipinski definition) is 6. The molecule has 3 aromatic carbocycles. The third-order valence-electron chi connectivity index (χ3n) is 7.14. The molecule has 1 unspecified atom stereocenters. The van der Waals surface area contributed by atoms with Crippen molar-refractivity contribution in [2.45, 2.75) is 18.9 Å². The highest BCUT2D eigenvalue weighted by Gasteiger charge is 2.44. The number of carbonyl (C=O) groups excluding carboxylic acids is 2. The van der Waals surface area contributed by atoms with Crippen molar-refractivity contribution in [3.8, 4) is 17.2 Å². The summed E-state index contributed by atoms with van der Waals surface area (Å²) in [6.45, 7) is 0.259. The van der Waals surface area contributed by atoms with E-state index in [4.69, 9.17) is 14.2 Å².